The molecule has 0 radical (unpaired) electrons. The largest absolute Gasteiger partial charge is 0.375 e. The van der Waals surface area contributed by atoms with Crippen molar-refractivity contribution in [3.8, 4) is 0 Å². The molecule has 3 nitrogen and oxygen atoms in total. The van der Waals surface area contributed by atoms with Gasteiger partial charge in [-0.05, 0) is 6.42 Å². The number of hydrogen-bond acceptors (Lipinski definition) is 3. The molecule has 1 saturated heterocycles. The number of ether oxygens (including phenoxy) is 1. The molecule has 1 aliphatic heterocycles. The summed E-state index contributed by atoms with van der Waals surface area (Å²) in [6, 6.07) is 0. The minimum Gasteiger partial charge on any atom is -0.375 e. The lowest BCUT2D eigenvalue weighted by Gasteiger charge is -2.24. The van der Waals surface area contributed by atoms with Gasteiger partial charge in [-0.2, -0.15) is 4.89 Å². The van der Waals surface area contributed by atoms with Gasteiger partial charge in [-0.25, -0.2) is 0 Å². The van der Waals surface area contributed by atoms with Crippen LogP contribution in [0.15, 0.2) is 12.8 Å². The molecule has 0 amide bonds. The van der Waals surface area contributed by atoms with Gasteiger partial charge in [-0.1, -0.05) is 6.58 Å². The van der Waals surface area contributed by atoms with E-state index in [0.717, 1.165) is 13.0 Å². The summed E-state index contributed by atoms with van der Waals surface area (Å²) in [5.74, 6) is 0. The van der Waals surface area contributed by atoms with E-state index < -0.39 is 0 Å². The van der Waals surface area contributed by atoms with Crippen LogP contribution in [0.3, 0.4) is 0 Å². The van der Waals surface area contributed by atoms with E-state index in [1.54, 1.807) is 0 Å². The van der Waals surface area contributed by atoms with Gasteiger partial charge in [0.1, 0.15) is 12.9 Å². The summed E-state index contributed by atoms with van der Waals surface area (Å²) < 4.78 is 5.04. The molecule has 9 heavy (non-hydrogen) atoms. The van der Waals surface area contributed by atoms with Gasteiger partial charge >= 0.3 is 0 Å². The van der Waals surface area contributed by atoms with Crippen molar-refractivity contribution >= 4 is 0 Å². The average Bonchev–Trinajstić information content (AvgIpc) is 1.76. The van der Waals surface area contributed by atoms with Crippen LogP contribution in [0.25, 0.3) is 0 Å². The van der Waals surface area contributed by atoms with Crippen LogP contribution in [-0.2, 0) is 14.5 Å². The molecule has 0 aromatic carbocycles. The second kappa shape index (κ2) is 3.48. The monoisotopic (exact) mass is 130 g/mol. The minimum atomic E-state index is 0.241. The topological polar surface area (TPSA) is 27.7 Å². The Morgan fingerprint density at radius 1 is 1.78 bits per heavy atom. The molecule has 1 atom stereocenters. The van der Waals surface area contributed by atoms with Crippen molar-refractivity contribution in [2.45, 2.75) is 12.5 Å². The molecule has 0 spiro atoms. The molecule has 0 aromatic heterocycles. The van der Waals surface area contributed by atoms with Crippen LogP contribution >= 0.6 is 0 Å². The van der Waals surface area contributed by atoms with Crippen LogP contribution in [0.2, 0.25) is 0 Å². The first-order chi connectivity index (χ1) is 4.43. The normalized spacial score (nSPS) is 24.7. The van der Waals surface area contributed by atoms with E-state index in [4.69, 9.17) is 4.74 Å². The molecule has 1 heterocycles. The Bertz CT molecular complexity index is 88.3. The molecule has 0 aliphatic carbocycles. The third kappa shape index (κ3) is 2.03. The highest BCUT2D eigenvalue weighted by molar-refractivity contribution is 4.63. The van der Waals surface area contributed by atoms with Crippen molar-refractivity contribution in [2.75, 3.05) is 13.2 Å². The zero-order chi connectivity index (χ0) is 6.53. The molecule has 1 rings (SSSR count). The summed E-state index contributed by atoms with van der Waals surface area (Å²) in [5.41, 5.74) is 0. The van der Waals surface area contributed by atoms with Gasteiger partial charge in [-0.3, -0.25) is 0 Å². The van der Waals surface area contributed by atoms with Crippen molar-refractivity contribution in [3.05, 3.63) is 12.8 Å². The van der Waals surface area contributed by atoms with Crippen molar-refractivity contribution in [1.29, 1.82) is 0 Å². The summed E-state index contributed by atoms with van der Waals surface area (Å²) in [5, 5.41) is 0. The molecule has 0 aromatic rings. The molecule has 1 unspecified atom stereocenters. The third-order valence-corrected chi connectivity index (χ3v) is 1.18. The lowest BCUT2D eigenvalue weighted by molar-refractivity contribution is -0.276. The maximum absolute atomic E-state index is 5.04. The Labute approximate surface area is 54.1 Å². The predicted molar refractivity (Wildman–Crippen MR) is 31.6 cm³/mol. The Morgan fingerprint density at radius 3 is 3.00 bits per heavy atom. The van der Waals surface area contributed by atoms with E-state index >= 15 is 0 Å². The second-order valence-electron chi connectivity index (χ2n) is 1.83. The highest BCUT2D eigenvalue weighted by Gasteiger charge is 2.18. The fourth-order valence-electron chi connectivity index (χ4n) is 0.579. The minimum absolute atomic E-state index is 0.241. The lowest BCUT2D eigenvalue weighted by atomic mass is 10.2. The van der Waals surface area contributed by atoms with E-state index in [-0.39, 0.29) is 6.10 Å². The predicted octanol–water partition coefficient (Wildman–Crippen LogP) is 0.867. The van der Waals surface area contributed by atoms with Crippen LogP contribution in [-0.4, -0.2) is 19.3 Å². The quantitative estimate of drug-likeness (QED) is 0.244. The van der Waals surface area contributed by atoms with Crippen LogP contribution < -0.4 is 0 Å². The summed E-state index contributed by atoms with van der Waals surface area (Å²) in [6.07, 6.45) is 2.56. The first-order valence-corrected chi connectivity index (χ1v) is 2.94. The van der Waals surface area contributed by atoms with Crippen molar-refractivity contribution < 1.29 is 14.5 Å². The van der Waals surface area contributed by atoms with Gasteiger partial charge in [0.05, 0.1) is 6.10 Å². The van der Waals surface area contributed by atoms with Gasteiger partial charge in [0.15, 0.2) is 0 Å². The Kier molecular flexibility index (Phi) is 2.54. The molecule has 1 fully saturated rings. The molecular formula is C6H10O3. The zero-order valence-corrected chi connectivity index (χ0v) is 5.21. The van der Waals surface area contributed by atoms with E-state index in [9.17, 15) is 0 Å². The fraction of sp³-hybridized carbons (Fsp3) is 0.667. The zero-order valence-electron chi connectivity index (χ0n) is 5.21. The van der Waals surface area contributed by atoms with Crippen LogP contribution in [0.5, 0.6) is 0 Å². The first-order valence-electron chi connectivity index (χ1n) is 2.94. The number of hydrogen-bond donors (Lipinski definition) is 0. The molecule has 3 heteroatoms. The average molecular weight is 130 g/mol. The number of rotatable bonds is 4. The standard InChI is InChI=1S/C6H10O3/c1-2-8-9-5-6-3-4-7-6/h2,6H,1,3-5H2. The third-order valence-electron chi connectivity index (χ3n) is 1.18. The lowest BCUT2D eigenvalue weighted by Crippen LogP contribution is -2.31. The van der Waals surface area contributed by atoms with Crippen molar-refractivity contribution in [3.63, 3.8) is 0 Å². The van der Waals surface area contributed by atoms with E-state index in [0.29, 0.717) is 6.61 Å². The summed E-state index contributed by atoms with van der Waals surface area (Å²) >= 11 is 0. The SMILES string of the molecule is C=COOCC1CCO1. The van der Waals surface area contributed by atoms with Crippen LogP contribution in [0.4, 0.5) is 0 Å². The van der Waals surface area contributed by atoms with Gasteiger partial charge in [0.2, 0.25) is 0 Å². The van der Waals surface area contributed by atoms with Gasteiger partial charge in [0, 0.05) is 6.61 Å². The Balaban J connectivity index is 1.85. The first kappa shape index (κ1) is 6.58. The molecule has 0 bridgehead atoms. The highest BCUT2D eigenvalue weighted by Crippen LogP contribution is 2.10. The second-order valence-corrected chi connectivity index (χ2v) is 1.83. The maximum Gasteiger partial charge on any atom is 0.122 e. The summed E-state index contributed by atoms with van der Waals surface area (Å²) in [4.78, 5) is 9.07. The van der Waals surface area contributed by atoms with Crippen LogP contribution in [0.1, 0.15) is 6.42 Å². The highest BCUT2D eigenvalue weighted by atomic mass is 17.2. The Hall–Kier alpha value is -0.540. The van der Waals surface area contributed by atoms with E-state index in [1.165, 1.54) is 6.26 Å². The molecule has 52 valence electrons. The van der Waals surface area contributed by atoms with E-state index in [2.05, 4.69) is 16.4 Å². The van der Waals surface area contributed by atoms with Gasteiger partial charge in [0.25, 0.3) is 0 Å². The van der Waals surface area contributed by atoms with E-state index in [1.807, 2.05) is 0 Å². The van der Waals surface area contributed by atoms with Gasteiger partial charge in [-0.15, -0.1) is 0 Å². The molecule has 0 saturated carbocycles. The molecular weight excluding hydrogens is 120 g/mol. The molecule has 1 aliphatic rings. The smallest absolute Gasteiger partial charge is 0.122 e. The summed E-state index contributed by atoms with van der Waals surface area (Å²) in [7, 11) is 0. The fourth-order valence-corrected chi connectivity index (χ4v) is 0.579. The Morgan fingerprint density at radius 2 is 2.56 bits per heavy atom. The van der Waals surface area contributed by atoms with Gasteiger partial charge < -0.3 is 9.62 Å². The summed E-state index contributed by atoms with van der Waals surface area (Å²) in [6.45, 7) is 4.67. The van der Waals surface area contributed by atoms with Crippen molar-refractivity contribution in [2.24, 2.45) is 0 Å². The van der Waals surface area contributed by atoms with Crippen LogP contribution in [0, 0.1) is 0 Å². The molecule has 0 N–H and O–H groups in total. The van der Waals surface area contributed by atoms with Crippen molar-refractivity contribution in [1.82, 2.24) is 0 Å². The maximum atomic E-state index is 5.04.